The number of alkyl halides is 2. The number of allylic oxidation sites excluding steroid dienone is 5. The molecular formula is C17H18F4O2S. The van der Waals surface area contributed by atoms with Gasteiger partial charge in [-0.25, -0.2) is 8.78 Å². The lowest BCUT2D eigenvalue weighted by atomic mass is 10.2. The van der Waals surface area contributed by atoms with Crippen LogP contribution in [-0.2, 0) is 6.61 Å². The largest absolute Gasteiger partial charge is 0.486 e. The molecule has 1 aromatic carbocycles. The fraction of sp³-hybridized carbons (Fsp3) is 0.294. The first-order valence-electron chi connectivity index (χ1n) is 7.05. The van der Waals surface area contributed by atoms with Crippen LogP contribution in [0.2, 0.25) is 0 Å². The van der Waals surface area contributed by atoms with Crippen LogP contribution >= 0.6 is 11.8 Å². The SMILES string of the molecule is C\C=C(F)/C=C\C=C\COc1ccc(SC(C)(F)F)c(CO)c1F. The van der Waals surface area contributed by atoms with Gasteiger partial charge in [-0.15, -0.1) is 0 Å². The molecule has 0 unspecified atom stereocenters. The van der Waals surface area contributed by atoms with Gasteiger partial charge in [0.25, 0.3) is 5.25 Å². The van der Waals surface area contributed by atoms with Crippen molar-refractivity contribution < 1.29 is 27.4 Å². The minimum atomic E-state index is -3.09. The molecule has 0 aliphatic carbocycles. The first-order chi connectivity index (χ1) is 11.3. The van der Waals surface area contributed by atoms with Crippen molar-refractivity contribution in [1.82, 2.24) is 0 Å². The lowest BCUT2D eigenvalue weighted by Crippen LogP contribution is -2.06. The lowest BCUT2D eigenvalue weighted by molar-refractivity contribution is 0.129. The number of benzene rings is 1. The minimum Gasteiger partial charge on any atom is -0.486 e. The second-order valence-electron chi connectivity index (χ2n) is 4.69. The van der Waals surface area contributed by atoms with E-state index in [1.807, 2.05) is 0 Å². The van der Waals surface area contributed by atoms with E-state index < -0.39 is 17.7 Å². The van der Waals surface area contributed by atoms with Gasteiger partial charge in [-0.05, 0) is 31.2 Å². The lowest BCUT2D eigenvalue weighted by Gasteiger charge is -2.15. The quantitative estimate of drug-likeness (QED) is 0.382. The van der Waals surface area contributed by atoms with E-state index in [9.17, 15) is 22.7 Å². The van der Waals surface area contributed by atoms with Gasteiger partial charge < -0.3 is 9.84 Å². The van der Waals surface area contributed by atoms with Gasteiger partial charge in [0.1, 0.15) is 12.4 Å². The van der Waals surface area contributed by atoms with Crippen molar-refractivity contribution in [2.75, 3.05) is 6.61 Å². The smallest absolute Gasteiger partial charge is 0.295 e. The predicted molar refractivity (Wildman–Crippen MR) is 87.4 cm³/mol. The Morgan fingerprint density at radius 2 is 2.04 bits per heavy atom. The summed E-state index contributed by atoms with van der Waals surface area (Å²) in [5.74, 6) is -1.42. The second kappa shape index (κ2) is 9.54. The van der Waals surface area contributed by atoms with Crippen molar-refractivity contribution in [3.8, 4) is 5.75 Å². The van der Waals surface area contributed by atoms with Crippen LogP contribution in [0.4, 0.5) is 17.6 Å². The highest BCUT2D eigenvalue weighted by Crippen LogP contribution is 2.39. The molecule has 0 bridgehead atoms. The average Bonchev–Trinajstić information content (AvgIpc) is 2.51. The topological polar surface area (TPSA) is 29.5 Å². The molecule has 0 aliphatic rings. The van der Waals surface area contributed by atoms with Crippen LogP contribution in [0.5, 0.6) is 5.75 Å². The molecule has 1 rings (SSSR count). The molecule has 132 valence electrons. The monoisotopic (exact) mass is 362 g/mol. The van der Waals surface area contributed by atoms with Crippen LogP contribution < -0.4 is 4.74 Å². The Morgan fingerprint density at radius 1 is 1.33 bits per heavy atom. The summed E-state index contributed by atoms with van der Waals surface area (Å²) in [6, 6.07) is 2.50. The van der Waals surface area contributed by atoms with Crippen molar-refractivity contribution in [3.63, 3.8) is 0 Å². The maximum atomic E-state index is 14.2. The van der Waals surface area contributed by atoms with Crippen molar-refractivity contribution in [2.24, 2.45) is 0 Å². The Hall–Kier alpha value is -1.73. The molecule has 0 heterocycles. The third-order valence-corrected chi connectivity index (χ3v) is 3.69. The summed E-state index contributed by atoms with van der Waals surface area (Å²) in [6.45, 7) is 1.53. The molecule has 0 aliphatic heterocycles. The molecule has 0 aromatic heterocycles. The summed E-state index contributed by atoms with van der Waals surface area (Å²) >= 11 is 0.162. The molecule has 7 heteroatoms. The summed E-state index contributed by atoms with van der Waals surface area (Å²) in [7, 11) is 0. The van der Waals surface area contributed by atoms with Crippen LogP contribution in [0.15, 0.2) is 53.2 Å². The normalized spacial score (nSPS) is 13.2. The fourth-order valence-electron chi connectivity index (χ4n) is 1.65. The molecular weight excluding hydrogens is 344 g/mol. The zero-order valence-electron chi connectivity index (χ0n) is 13.2. The van der Waals surface area contributed by atoms with Crippen molar-refractivity contribution >= 4 is 11.8 Å². The predicted octanol–water partition coefficient (Wildman–Crippen LogP) is 5.39. The molecule has 0 spiro atoms. The van der Waals surface area contributed by atoms with E-state index in [2.05, 4.69) is 0 Å². The van der Waals surface area contributed by atoms with Crippen LogP contribution in [-0.4, -0.2) is 17.0 Å². The van der Waals surface area contributed by atoms with Crippen LogP contribution in [0, 0.1) is 5.82 Å². The summed E-state index contributed by atoms with van der Waals surface area (Å²) in [5, 5.41) is 6.13. The van der Waals surface area contributed by atoms with Crippen LogP contribution in [0.25, 0.3) is 0 Å². The Kier molecular flexibility index (Phi) is 8.07. The standard InChI is InChI=1S/C17H18F4O2S/c1-3-12(18)7-5-4-6-10-23-14-8-9-15(24-17(2,20)21)13(11-22)16(14)19/h3-9,22H,10-11H2,1-2H3/b6-4+,7-5-,12-3+. The summed E-state index contributed by atoms with van der Waals surface area (Å²) in [5.41, 5.74) is -0.238. The highest BCUT2D eigenvalue weighted by atomic mass is 32.2. The summed E-state index contributed by atoms with van der Waals surface area (Å²) in [4.78, 5) is -0.0462. The zero-order valence-corrected chi connectivity index (χ0v) is 14.0. The van der Waals surface area contributed by atoms with Crippen molar-refractivity contribution in [1.29, 1.82) is 0 Å². The molecule has 0 fully saturated rings. The maximum absolute atomic E-state index is 14.2. The van der Waals surface area contributed by atoms with E-state index in [0.717, 1.165) is 0 Å². The molecule has 24 heavy (non-hydrogen) atoms. The van der Waals surface area contributed by atoms with E-state index >= 15 is 0 Å². The van der Waals surface area contributed by atoms with Gasteiger partial charge in [0.05, 0.1) is 6.61 Å². The highest BCUT2D eigenvalue weighted by molar-refractivity contribution is 8.00. The maximum Gasteiger partial charge on any atom is 0.295 e. The molecule has 0 atom stereocenters. The number of ether oxygens (including phenoxy) is 1. The molecule has 1 aromatic rings. The van der Waals surface area contributed by atoms with Gasteiger partial charge in [-0.3, -0.25) is 0 Å². The number of aliphatic hydroxyl groups excluding tert-OH is 1. The first kappa shape index (κ1) is 20.3. The molecule has 0 saturated carbocycles. The van der Waals surface area contributed by atoms with E-state index in [1.165, 1.54) is 42.5 Å². The third-order valence-electron chi connectivity index (χ3n) is 2.73. The zero-order chi connectivity index (χ0) is 18.2. The molecule has 0 radical (unpaired) electrons. The molecule has 1 N–H and O–H groups in total. The van der Waals surface area contributed by atoms with E-state index in [4.69, 9.17) is 4.74 Å². The van der Waals surface area contributed by atoms with Gasteiger partial charge in [-0.2, -0.15) is 8.78 Å². The van der Waals surface area contributed by atoms with Gasteiger partial charge in [0.15, 0.2) is 11.6 Å². The van der Waals surface area contributed by atoms with Crippen molar-refractivity contribution in [2.45, 2.75) is 30.6 Å². The highest BCUT2D eigenvalue weighted by Gasteiger charge is 2.26. The number of hydrogen-bond donors (Lipinski definition) is 1. The van der Waals surface area contributed by atoms with Gasteiger partial charge in [0, 0.05) is 17.4 Å². The Bertz CT molecular complexity index is 634. The number of halogens is 4. The minimum absolute atomic E-state index is 0.0000138. The number of hydrogen-bond acceptors (Lipinski definition) is 3. The first-order valence-corrected chi connectivity index (χ1v) is 7.87. The van der Waals surface area contributed by atoms with Gasteiger partial charge in [0.2, 0.25) is 0 Å². The number of thioether (sulfide) groups is 1. The van der Waals surface area contributed by atoms with E-state index in [-0.39, 0.29) is 40.4 Å². The Balaban J connectivity index is 2.76. The van der Waals surface area contributed by atoms with Crippen LogP contribution in [0.3, 0.4) is 0 Å². The van der Waals surface area contributed by atoms with E-state index in [1.54, 1.807) is 6.92 Å². The Morgan fingerprint density at radius 3 is 2.62 bits per heavy atom. The second-order valence-corrected chi connectivity index (χ2v) is 6.06. The summed E-state index contributed by atoms with van der Waals surface area (Å²) in [6.07, 6.45) is 7.05. The fourth-order valence-corrected chi connectivity index (χ4v) is 2.44. The average molecular weight is 362 g/mol. The van der Waals surface area contributed by atoms with Crippen molar-refractivity contribution in [3.05, 3.63) is 59.7 Å². The van der Waals surface area contributed by atoms with Crippen LogP contribution in [0.1, 0.15) is 19.4 Å². The van der Waals surface area contributed by atoms with E-state index in [0.29, 0.717) is 6.92 Å². The number of aliphatic hydroxyl groups is 1. The third kappa shape index (κ3) is 6.80. The molecule has 2 nitrogen and oxygen atoms in total. The molecule has 0 saturated heterocycles. The van der Waals surface area contributed by atoms with Gasteiger partial charge in [-0.1, -0.05) is 30.0 Å². The molecule has 0 amide bonds. The summed E-state index contributed by atoms with van der Waals surface area (Å²) < 4.78 is 58.2. The van der Waals surface area contributed by atoms with Gasteiger partial charge >= 0.3 is 0 Å². The number of rotatable bonds is 8. The Labute approximate surface area is 142 Å².